The number of hydrogen-bond donors (Lipinski definition) is 1. The Hall–Kier alpha value is -0.0800. The highest BCUT2D eigenvalue weighted by Crippen LogP contribution is 2.24. The van der Waals surface area contributed by atoms with E-state index in [1.807, 2.05) is 0 Å². The lowest BCUT2D eigenvalue weighted by atomic mass is 10.2. The summed E-state index contributed by atoms with van der Waals surface area (Å²) in [6.07, 6.45) is 1.31. The Morgan fingerprint density at radius 2 is 2.44 bits per heavy atom. The summed E-state index contributed by atoms with van der Waals surface area (Å²) >= 11 is 0. The summed E-state index contributed by atoms with van der Waals surface area (Å²) < 4.78 is 0. The number of nitrogens with zero attached hydrogens (tertiary/aromatic N) is 1. The molecule has 2 heteroatoms. The summed E-state index contributed by atoms with van der Waals surface area (Å²) in [5.74, 6) is 0. The molecule has 0 aromatic carbocycles. The molecule has 52 valence electrons. The lowest BCUT2D eigenvalue weighted by Crippen LogP contribution is -2.41. The highest BCUT2D eigenvalue weighted by Gasteiger charge is 2.41. The van der Waals surface area contributed by atoms with Gasteiger partial charge < -0.3 is 5.32 Å². The summed E-state index contributed by atoms with van der Waals surface area (Å²) in [6, 6.07) is 1.76. The normalized spacial score (nSPS) is 48.3. The average molecular weight is 126 g/mol. The molecule has 0 aromatic heterocycles. The number of piperazine rings is 1. The first-order chi connectivity index (χ1) is 4.42. The van der Waals surface area contributed by atoms with Crippen LogP contribution in [0.1, 0.15) is 13.3 Å². The van der Waals surface area contributed by atoms with E-state index in [4.69, 9.17) is 0 Å². The van der Waals surface area contributed by atoms with Crippen molar-refractivity contribution in [2.75, 3.05) is 19.6 Å². The van der Waals surface area contributed by atoms with E-state index in [1.54, 1.807) is 0 Å². The first-order valence-electron chi connectivity index (χ1n) is 3.88. The van der Waals surface area contributed by atoms with Crippen molar-refractivity contribution in [2.24, 2.45) is 0 Å². The molecule has 3 atom stereocenters. The molecule has 2 nitrogen and oxygen atoms in total. The maximum Gasteiger partial charge on any atom is 0.0352 e. The fourth-order valence-corrected chi connectivity index (χ4v) is 1.74. The quantitative estimate of drug-likeness (QED) is 0.499. The van der Waals surface area contributed by atoms with Crippen LogP contribution in [0, 0.1) is 0 Å². The first-order valence-corrected chi connectivity index (χ1v) is 3.88. The fourth-order valence-electron chi connectivity index (χ4n) is 1.74. The molecule has 2 saturated heterocycles. The molecule has 2 fully saturated rings. The Kier molecular flexibility index (Phi) is 1.24. The maximum absolute atomic E-state index is 3.44. The molecule has 0 radical (unpaired) electrons. The molecule has 2 aliphatic rings. The predicted octanol–water partition coefficient (Wildman–Crippen LogP) is 0.0524. The van der Waals surface area contributed by atoms with Crippen molar-refractivity contribution < 1.29 is 0 Å². The lowest BCUT2D eigenvalue weighted by Gasteiger charge is -2.22. The van der Waals surface area contributed by atoms with Gasteiger partial charge in [0.25, 0.3) is 0 Å². The van der Waals surface area contributed by atoms with Crippen LogP contribution in [0.4, 0.5) is 0 Å². The molecule has 9 heavy (non-hydrogen) atoms. The van der Waals surface area contributed by atoms with Gasteiger partial charge in [-0.1, -0.05) is 6.92 Å². The molecule has 0 saturated carbocycles. The second-order valence-electron chi connectivity index (χ2n) is 3.07. The summed E-state index contributed by atoms with van der Waals surface area (Å²) in [6.45, 7) is 6.07. The maximum atomic E-state index is 3.44. The van der Waals surface area contributed by atoms with Crippen molar-refractivity contribution in [3.05, 3.63) is 0 Å². The Bertz CT molecular complexity index is 113. The number of fused-ring (bicyclic) bond motifs is 1. The molecule has 0 aliphatic carbocycles. The van der Waals surface area contributed by atoms with Gasteiger partial charge in [0.15, 0.2) is 0 Å². The molecule has 2 rings (SSSR count). The molecule has 1 N–H and O–H groups in total. The highest BCUT2D eigenvalue weighted by molar-refractivity contribution is 4.99. The first kappa shape index (κ1) is 5.69. The fraction of sp³-hybridized carbons (Fsp3) is 1.00. The minimum atomic E-state index is 0.851. The zero-order valence-electron chi connectivity index (χ0n) is 5.93. The van der Waals surface area contributed by atoms with E-state index >= 15 is 0 Å². The molecule has 2 aliphatic heterocycles. The number of hydrogen-bond acceptors (Lipinski definition) is 2. The number of nitrogens with one attached hydrogen (secondary N) is 1. The van der Waals surface area contributed by atoms with Crippen molar-refractivity contribution in [3.63, 3.8) is 0 Å². The Balaban J connectivity index is 1.93. The molecule has 2 heterocycles. The third-order valence-electron chi connectivity index (χ3n) is 2.46. The van der Waals surface area contributed by atoms with Crippen LogP contribution < -0.4 is 5.32 Å². The second kappa shape index (κ2) is 1.96. The molecule has 3 unspecified atom stereocenters. The van der Waals surface area contributed by atoms with Gasteiger partial charge in [0.05, 0.1) is 0 Å². The van der Waals surface area contributed by atoms with Gasteiger partial charge in [0.2, 0.25) is 0 Å². The Morgan fingerprint density at radius 1 is 1.56 bits per heavy atom. The average Bonchev–Trinajstić information content (AvgIpc) is 2.64. The van der Waals surface area contributed by atoms with E-state index in [0.29, 0.717) is 0 Å². The predicted molar refractivity (Wildman–Crippen MR) is 37.4 cm³/mol. The monoisotopic (exact) mass is 126 g/mol. The van der Waals surface area contributed by atoms with E-state index in [0.717, 1.165) is 12.1 Å². The summed E-state index contributed by atoms with van der Waals surface area (Å²) in [4.78, 5) is 2.59. The standard InChI is InChI=1S/C7H14N2/c1-2-6-3-8-4-7-5-9(6)7/h6-8H,2-5H2,1H3. The molecule has 0 amide bonds. The van der Waals surface area contributed by atoms with Gasteiger partial charge in [-0.2, -0.15) is 0 Å². The molecule has 0 bridgehead atoms. The van der Waals surface area contributed by atoms with Crippen LogP contribution in [0.15, 0.2) is 0 Å². The van der Waals surface area contributed by atoms with E-state index in [1.165, 1.54) is 26.1 Å². The molecule has 0 aromatic rings. The van der Waals surface area contributed by atoms with E-state index in [9.17, 15) is 0 Å². The number of rotatable bonds is 1. The topological polar surface area (TPSA) is 15.0 Å². The van der Waals surface area contributed by atoms with Gasteiger partial charge in [0, 0.05) is 31.7 Å². The van der Waals surface area contributed by atoms with Gasteiger partial charge >= 0.3 is 0 Å². The minimum Gasteiger partial charge on any atom is -0.314 e. The highest BCUT2D eigenvalue weighted by atomic mass is 15.4. The SMILES string of the molecule is CCC1CNCC2CN12. The zero-order valence-corrected chi connectivity index (χ0v) is 5.93. The van der Waals surface area contributed by atoms with Gasteiger partial charge in [-0.15, -0.1) is 0 Å². The van der Waals surface area contributed by atoms with Gasteiger partial charge in [-0.25, -0.2) is 0 Å². The van der Waals surface area contributed by atoms with Gasteiger partial charge in [0.1, 0.15) is 0 Å². The van der Waals surface area contributed by atoms with Crippen LogP contribution in [0.5, 0.6) is 0 Å². The van der Waals surface area contributed by atoms with Crippen LogP contribution in [0.2, 0.25) is 0 Å². The molecular weight excluding hydrogens is 112 g/mol. The Morgan fingerprint density at radius 3 is 3.11 bits per heavy atom. The Labute approximate surface area is 56.2 Å². The third kappa shape index (κ3) is 0.864. The van der Waals surface area contributed by atoms with E-state index in [-0.39, 0.29) is 0 Å². The van der Waals surface area contributed by atoms with E-state index in [2.05, 4.69) is 17.1 Å². The smallest absolute Gasteiger partial charge is 0.0352 e. The van der Waals surface area contributed by atoms with Crippen LogP contribution in [0.3, 0.4) is 0 Å². The van der Waals surface area contributed by atoms with Gasteiger partial charge in [-0.3, -0.25) is 4.90 Å². The van der Waals surface area contributed by atoms with Crippen LogP contribution >= 0.6 is 0 Å². The van der Waals surface area contributed by atoms with Crippen LogP contribution in [0.25, 0.3) is 0 Å². The largest absolute Gasteiger partial charge is 0.314 e. The van der Waals surface area contributed by atoms with Crippen LogP contribution in [-0.2, 0) is 0 Å². The van der Waals surface area contributed by atoms with Crippen molar-refractivity contribution in [3.8, 4) is 0 Å². The summed E-state index contributed by atoms with van der Waals surface area (Å²) in [5.41, 5.74) is 0. The van der Waals surface area contributed by atoms with Crippen molar-refractivity contribution in [1.82, 2.24) is 10.2 Å². The molecule has 0 spiro atoms. The zero-order chi connectivity index (χ0) is 6.27. The summed E-state index contributed by atoms with van der Waals surface area (Å²) in [5, 5.41) is 3.44. The van der Waals surface area contributed by atoms with Crippen molar-refractivity contribution in [1.29, 1.82) is 0 Å². The lowest BCUT2D eigenvalue weighted by molar-refractivity contribution is 0.303. The third-order valence-corrected chi connectivity index (χ3v) is 2.46. The van der Waals surface area contributed by atoms with Gasteiger partial charge in [-0.05, 0) is 6.42 Å². The van der Waals surface area contributed by atoms with Crippen molar-refractivity contribution in [2.45, 2.75) is 25.4 Å². The van der Waals surface area contributed by atoms with Crippen molar-refractivity contribution >= 4 is 0 Å². The van der Waals surface area contributed by atoms with E-state index < -0.39 is 0 Å². The van der Waals surface area contributed by atoms with Crippen LogP contribution in [-0.4, -0.2) is 36.6 Å². The minimum absolute atomic E-state index is 0.851. The molecular formula is C7H14N2. The summed E-state index contributed by atoms with van der Waals surface area (Å²) in [7, 11) is 0. The second-order valence-corrected chi connectivity index (χ2v) is 3.07.